The van der Waals surface area contributed by atoms with E-state index in [1.54, 1.807) is 12.1 Å². The molecule has 0 saturated heterocycles. The molecule has 3 heteroatoms. The van der Waals surface area contributed by atoms with Crippen molar-refractivity contribution in [3.8, 4) is 0 Å². The Balaban J connectivity index is 2.15. The molecule has 2 rings (SSSR count). The van der Waals surface area contributed by atoms with Crippen LogP contribution in [0.4, 0.5) is 4.39 Å². The summed E-state index contributed by atoms with van der Waals surface area (Å²) in [5.74, 6) is 0.212. The molecule has 0 amide bonds. The minimum atomic E-state index is -0.387. The fourth-order valence-corrected chi connectivity index (χ4v) is 2.43. The van der Waals surface area contributed by atoms with Gasteiger partial charge >= 0.3 is 0 Å². The van der Waals surface area contributed by atoms with Gasteiger partial charge in [-0.25, -0.2) is 4.39 Å². The quantitative estimate of drug-likeness (QED) is 0.858. The maximum atomic E-state index is 13.0. The average molecular weight is 243 g/mol. The van der Waals surface area contributed by atoms with Gasteiger partial charge in [-0.15, -0.1) is 0 Å². The normalized spacial score (nSPS) is 19.5. The molecule has 16 heavy (non-hydrogen) atoms. The maximum absolute atomic E-state index is 13.0. The molecule has 1 unspecified atom stereocenters. The highest BCUT2D eigenvalue weighted by Crippen LogP contribution is 2.47. The molecule has 0 bridgehead atoms. The average Bonchev–Trinajstić information content (AvgIpc) is 3.07. The third kappa shape index (κ3) is 2.38. The SMILES string of the molecule is CC(CO)(Cc1ccc(F)c(Cl)c1)C1CC1. The monoisotopic (exact) mass is 242 g/mol. The van der Waals surface area contributed by atoms with Crippen molar-refractivity contribution in [3.63, 3.8) is 0 Å². The zero-order valence-electron chi connectivity index (χ0n) is 9.34. The third-order valence-electron chi connectivity index (χ3n) is 3.52. The van der Waals surface area contributed by atoms with Crippen molar-refractivity contribution >= 4 is 11.6 Å². The first-order chi connectivity index (χ1) is 7.55. The molecule has 1 aliphatic carbocycles. The van der Waals surface area contributed by atoms with Gasteiger partial charge in [0.2, 0.25) is 0 Å². The van der Waals surface area contributed by atoms with Crippen molar-refractivity contribution in [3.05, 3.63) is 34.6 Å². The minimum absolute atomic E-state index is 0.0822. The second kappa shape index (κ2) is 4.34. The van der Waals surface area contributed by atoms with Crippen LogP contribution in [0.15, 0.2) is 18.2 Å². The highest BCUT2D eigenvalue weighted by Gasteiger charge is 2.40. The van der Waals surface area contributed by atoms with E-state index in [2.05, 4.69) is 6.92 Å². The van der Waals surface area contributed by atoms with Crippen molar-refractivity contribution in [2.24, 2.45) is 11.3 Å². The standard InChI is InChI=1S/C13H16ClFO/c1-13(8-16,10-3-4-10)7-9-2-5-12(15)11(14)6-9/h2,5-6,10,16H,3-4,7-8H2,1H3. The Morgan fingerprint density at radius 3 is 2.69 bits per heavy atom. The summed E-state index contributed by atoms with van der Waals surface area (Å²) < 4.78 is 13.0. The summed E-state index contributed by atoms with van der Waals surface area (Å²) in [5.41, 5.74) is 0.913. The van der Waals surface area contributed by atoms with Gasteiger partial charge in [-0.3, -0.25) is 0 Å². The Kier molecular flexibility index (Phi) is 3.22. The summed E-state index contributed by atoms with van der Waals surface area (Å²) in [6, 6.07) is 4.80. The topological polar surface area (TPSA) is 20.2 Å². The van der Waals surface area contributed by atoms with Crippen LogP contribution in [0.2, 0.25) is 5.02 Å². The Morgan fingerprint density at radius 1 is 1.50 bits per heavy atom. The Morgan fingerprint density at radius 2 is 2.19 bits per heavy atom. The molecule has 1 aliphatic rings. The summed E-state index contributed by atoms with van der Waals surface area (Å²) in [6.45, 7) is 2.26. The van der Waals surface area contributed by atoms with Gasteiger partial charge in [-0.1, -0.05) is 24.6 Å². The number of halogens is 2. The van der Waals surface area contributed by atoms with E-state index in [1.807, 2.05) is 0 Å². The van der Waals surface area contributed by atoms with E-state index in [0.29, 0.717) is 5.92 Å². The fourth-order valence-electron chi connectivity index (χ4n) is 2.23. The largest absolute Gasteiger partial charge is 0.396 e. The summed E-state index contributed by atoms with van der Waals surface area (Å²) in [5, 5.41) is 9.63. The predicted octanol–water partition coefficient (Wildman–Crippen LogP) is 3.43. The van der Waals surface area contributed by atoms with E-state index in [0.717, 1.165) is 12.0 Å². The van der Waals surface area contributed by atoms with Gasteiger partial charge in [0.15, 0.2) is 0 Å². The number of aliphatic hydroxyl groups excluding tert-OH is 1. The van der Waals surface area contributed by atoms with Gasteiger partial charge in [-0.05, 0) is 48.3 Å². The second-order valence-electron chi connectivity index (χ2n) is 5.01. The Bertz CT molecular complexity index is 390. The summed E-state index contributed by atoms with van der Waals surface area (Å²) >= 11 is 5.74. The molecule has 0 heterocycles. The molecule has 88 valence electrons. The lowest BCUT2D eigenvalue weighted by molar-refractivity contribution is 0.119. The van der Waals surface area contributed by atoms with Crippen LogP contribution in [0.25, 0.3) is 0 Å². The summed E-state index contributed by atoms with van der Waals surface area (Å²) in [7, 11) is 0. The van der Waals surface area contributed by atoms with Gasteiger partial charge in [0.25, 0.3) is 0 Å². The zero-order chi connectivity index (χ0) is 11.8. The Labute approximate surface area is 100 Å². The van der Waals surface area contributed by atoms with Crippen molar-refractivity contribution < 1.29 is 9.50 Å². The van der Waals surface area contributed by atoms with Gasteiger partial charge in [0.1, 0.15) is 5.82 Å². The molecule has 0 radical (unpaired) electrons. The van der Waals surface area contributed by atoms with Crippen LogP contribution in [0.5, 0.6) is 0 Å². The number of rotatable bonds is 4. The molecular weight excluding hydrogens is 227 g/mol. The van der Waals surface area contributed by atoms with E-state index in [9.17, 15) is 9.50 Å². The number of hydrogen-bond acceptors (Lipinski definition) is 1. The summed E-state index contributed by atoms with van der Waals surface area (Å²) in [6.07, 6.45) is 3.13. The van der Waals surface area contributed by atoms with Gasteiger partial charge < -0.3 is 5.11 Å². The predicted molar refractivity (Wildman–Crippen MR) is 63.0 cm³/mol. The Hall–Kier alpha value is -0.600. The van der Waals surface area contributed by atoms with E-state index < -0.39 is 0 Å². The fraction of sp³-hybridized carbons (Fsp3) is 0.538. The van der Waals surface area contributed by atoms with Crippen LogP contribution >= 0.6 is 11.6 Å². The highest BCUT2D eigenvalue weighted by molar-refractivity contribution is 6.30. The first kappa shape index (κ1) is 11.9. The molecule has 0 aliphatic heterocycles. The molecule has 1 nitrogen and oxygen atoms in total. The molecule has 1 N–H and O–H groups in total. The van der Waals surface area contributed by atoms with Gasteiger partial charge in [0, 0.05) is 6.61 Å². The van der Waals surface area contributed by atoms with E-state index in [1.165, 1.54) is 18.9 Å². The van der Waals surface area contributed by atoms with Gasteiger partial charge in [0.05, 0.1) is 5.02 Å². The molecule has 1 aromatic rings. The van der Waals surface area contributed by atoms with Crippen molar-refractivity contribution in [1.82, 2.24) is 0 Å². The van der Waals surface area contributed by atoms with Crippen LogP contribution in [-0.4, -0.2) is 11.7 Å². The lowest BCUT2D eigenvalue weighted by Gasteiger charge is -2.27. The maximum Gasteiger partial charge on any atom is 0.141 e. The third-order valence-corrected chi connectivity index (χ3v) is 3.81. The van der Waals surface area contributed by atoms with Crippen LogP contribution in [0.3, 0.4) is 0 Å². The summed E-state index contributed by atoms with van der Waals surface area (Å²) in [4.78, 5) is 0. The first-order valence-electron chi connectivity index (χ1n) is 5.60. The van der Waals surface area contributed by atoms with E-state index >= 15 is 0 Å². The highest BCUT2D eigenvalue weighted by atomic mass is 35.5. The van der Waals surface area contributed by atoms with Crippen LogP contribution < -0.4 is 0 Å². The molecule has 1 fully saturated rings. The van der Waals surface area contributed by atoms with Gasteiger partial charge in [-0.2, -0.15) is 0 Å². The van der Waals surface area contributed by atoms with Crippen LogP contribution in [0.1, 0.15) is 25.3 Å². The van der Waals surface area contributed by atoms with Crippen LogP contribution in [-0.2, 0) is 6.42 Å². The number of hydrogen-bond donors (Lipinski definition) is 1. The smallest absolute Gasteiger partial charge is 0.141 e. The molecule has 1 atom stereocenters. The lowest BCUT2D eigenvalue weighted by atomic mass is 9.80. The van der Waals surface area contributed by atoms with E-state index in [-0.39, 0.29) is 22.9 Å². The number of benzene rings is 1. The molecular formula is C13H16ClFO. The van der Waals surface area contributed by atoms with E-state index in [4.69, 9.17) is 11.6 Å². The van der Waals surface area contributed by atoms with Crippen molar-refractivity contribution in [1.29, 1.82) is 0 Å². The minimum Gasteiger partial charge on any atom is -0.396 e. The van der Waals surface area contributed by atoms with Crippen LogP contribution in [0, 0.1) is 17.2 Å². The number of aliphatic hydroxyl groups is 1. The van der Waals surface area contributed by atoms with Crippen molar-refractivity contribution in [2.45, 2.75) is 26.2 Å². The molecule has 0 aromatic heterocycles. The lowest BCUT2D eigenvalue weighted by Crippen LogP contribution is -2.26. The molecule has 1 aromatic carbocycles. The molecule has 0 spiro atoms. The first-order valence-corrected chi connectivity index (χ1v) is 5.98. The van der Waals surface area contributed by atoms with Crippen molar-refractivity contribution in [2.75, 3.05) is 6.61 Å². The molecule has 1 saturated carbocycles. The zero-order valence-corrected chi connectivity index (χ0v) is 10.1. The second-order valence-corrected chi connectivity index (χ2v) is 5.42.